The molecular formula is C12H13ClN2O3. The molecular weight excluding hydrogens is 256 g/mol. The van der Waals surface area contributed by atoms with Gasteiger partial charge in [0, 0.05) is 25.2 Å². The summed E-state index contributed by atoms with van der Waals surface area (Å²) in [5, 5.41) is 11.0. The first-order chi connectivity index (χ1) is 8.49. The molecule has 0 N–H and O–H groups in total. The summed E-state index contributed by atoms with van der Waals surface area (Å²) in [6, 6.07) is 3.94. The lowest BCUT2D eigenvalue weighted by Crippen LogP contribution is -2.28. The average molecular weight is 269 g/mol. The van der Waals surface area contributed by atoms with Crippen LogP contribution >= 0.6 is 11.6 Å². The number of non-ortho nitro benzene ring substituents is 1. The van der Waals surface area contributed by atoms with Crippen molar-refractivity contribution in [3.05, 3.63) is 38.9 Å². The van der Waals surface area contributed by atoms with Crippen LogP contribution in [0.1, 0.15) is 23.7 Å². The summed E-state index contributed by atoms with van der Waals surface area (Å²) in [6.07, 6.45) is 0.957. The summed E-state index contributed by atoms with van der Waals surface area (Å²) < 4.78 is 0. The molecule has 1 aromatic carbocycles. The number of hydrogen-bond acceptors (Lipinski definition) is 3. The molecule has 0 spiro atoms. The lowest BCUT2D eigenvalue weighted by Gasteiger charge is -2.16. The summed E-state index contributed by atoms with van der Waals surface area (Å²) in [5.41, 5.74) is 0.0926. The molecule has 1 atom stereocenters. The Hall–Kier alpha value is -1.62. The number of amides is 1. The van der Waals surface area contributed by atoms with Crippen molar-refractivity contribution in [3.8, 4) is 0 Å². The summed E-state index contributed by atoms with van der Waals surface area (Å²) in [6.45, 7) is 3.43. The highest BCUT2D eigenvalue weighted by Crippen LogP contribution is 2.25. The number of nitrogens with zero attached hydrogens (tertiary/aromatic N) is 2. The minimum Gasteiger partial charge on any atom is -0.338 e. The fraction of sp³-hybridized carbons (Fsp3) is 0.417. The lowest BCUT2D eigenvalue weighted by molar-refractivity contribution is -0.384. The maximum atomic E-state index is 12.2. The number of halogens is 1. The van der Waals surface area contributed by atoms with Crippen LogP contribution in [0.15, 0.2) is 18.2 Å². The monoisotopic (exact) mass is 268 g/mol. The third-order valence-corrected chi connectivity index (χ3v) is 3.43. The van der Waals surface area contributed by atoms with Gasteiger partial charge in [0.15, 0.2) is 0 Å². The van der Waals surface area contributed by atoms with Crippen molar-refractivity contribution in [1.29, 1.82) is 0 Å². The van der Waals surface area contributed by atoms with E-state index >= 15 is 0 Å². The quantitative estimate of drug-likeness (QED) is 0.612. The maximum absolute atomic E-state index is 12.2. The van der Waals surface area contributed by atoms with Crippen LogP contribution < -0.4 is 0 Å². The number of hydrogen-bond donors (Lipinski definition) is 0. The maximum Gasteiger partial charge on any atom is 0.270 e. The van der Waals surface area contributed by atoms with Crippen molar-refractivity contribution in [3.63, 3.8) is 0 Å². The molecule has 6 heteroatoms. The smallest absolute Gasteiger partial charge is 0.270 e. The van der Waals surface area contributed by atoms with Gasteiger partial charge in [-0.3, -0.25) is 14.9 Å². The molecule has 0 aliphatic carbocycles. The second-order valence-corrected chi connectivity index (χ2v) is 4.97. The molecule has 0 saturated carbocycles. The minimum absolute atomic E-state index is 0.116. The highest BCUT2D eigenvalue weighted by Gasteiger charge is 2.26. The van der Waals surface area contributed by atoms with Crippen molar-refractivity contribution in [2.75, 3.05) is 13.1 Å². The van der Waals surface area contributed by atoms with Gasteiger partial charge < -0.3 is 4.90 Å². The van der Waals surface area contributed by atoms with Crippen molar-refractivity contribution < 1.29 is 9.72 Å². The molecule has 1 fully saturated rings. The Labute approximate surface area is 109 Å². The van der Waals surface area contributed by atoms with E-state index in [0.717, 1.165) is 6.42 Å². The molecule has 96 valence electrons. The fourth-order valence-electron chi connectivity index (χ4n) is 2.08. The highest BCUT2D eigenvalue weighted by atomic mass is 35.5. The first kappa shape index (κ1) is 12.8. The van der Waals surface area contributed by atoms with Gasteiger partial charge in [0.05, 0.1) is 15.5 Å². The minimum atomic E-state index is -0.528. The van der Waals surface area contributed by atoms with Gasteiger partial charge in [-0.1, -0.05) is 18.5 Å². The molecule has 1 unspecified atom stereocenters. The van der Waals surface area contributed by atoms with Crippen LogP contribution in [0.2, 0.25) is 5.02 Å². The molecule has 1 saturated heterocycles. The number of carbonyl (C=O) groups excluding carboxylic acids is 1. The Kier molecular flexibility index (Phi) is 3.52. The Bertz CT molecular complexity index is 504. The van der Waals surface area contributed by atoms with Gasteiger partial charge in [-0.2, -0.15) is 0 Å². The van der Waals surface area contributed by atoms with Gasteiger partial charge >= 0.3 is 0 Å². The molecule has 1 heterocycles. The number of rotatable bonds is 2. The predicted molar refractivity (Wildman–Crippen MR) is 67.8 cm³/mol. The van der Waals surface area contributed by atoms with Crippen LogP contribution in [-0.2, 0) is 0 Å². The van der Waals surface area contributed by atoms with Crippen molar-refractivity contribution in [2.45, 2.75) is 13.3 Å². The number of nitro benzene ring substituents is 1. The molecule has 1 aliphatic heterocycles. The fourth-order valence-corrected chi connectivity index (χ4v) is 2.28. The van der Waals surface area contributed by atoms with E-state index in [0.29, 0.717) is 19.0 Å². The van der Waals surface area contributed by atoms with Gasteiger partial charge in [-0.05, 0) is 18.4 Å². The van der Waals surface area contributed by atoms with E-state index in [-0.39, 0.29) is 22.2 Å². The van der Waals surface area contributed by atoms with E-state index < -0.39 is 4.92 Å². The van der Waals surface area contributed by atoms with Crippen molar-refractivity contribution in [1.82, 2.24) is 4.90 Å². The second kappa shape index (κ2) is 4.94. The predicted octanol–water partition coefficient (Wildman–Crippen LogP) is 2.73. The van der Waals surface area contributed by atoms with E-state index in [1.54, 1.807) is 4.90 Å². The van der Waals surface area contributed by atoms with Crippen LogP contribution in [0.5, 0.6) is 0 Å². The molecule has 5 nitrogen and oxygen atoms in total. The highest BCUT2D eigenvalue weighted by molar-refractivity contribution is 6.33. The Morgan fingerprint density at radius 1 is 1.56 bits per heavy atom. The van der Waals surface area contributed by atoms with Crippen LogP contribution in [0.3, 0.4) is 0 Å². The molecule has 0 bridgehead atoms. The first-order valence-electron chi connectivity index (χ1n) is 5.72. The van der Waals surface area contributed by atoms with Gasteiger partial charge in [-0.25, -0.2) is 0 Å². The SMILES string of the molecule is CC1CCN(C(=O)c2cc([N+](=O)[O-])ccc2Cl)C1. The Morgan fingerprint density at radius 3 is 2.83 bits per heavy atom. The zero-order chi connectivity index (χ0) is 13.3. The molecule has 2 rings (SSSR count). The Morgan fingerprint density at radius 2 is 2.28 bits per heavy atom. The second-order valence-electron chi connectivity index (χ2n) is 4.57. The van der Waals surface area contributed by atoms with Gasteiger partial charge in [0.25, 0.3) is 11.6 Å². The summed E-state index contributed by atoms with van der Waals surface area (Å²) in [7, 11) is 0. The largest absolute Gasteiger partial charge is 0.338 e. The van der Waals surface area contributed by atoms with Crippen LogP contribution in [0.4, 0.5) is 5.69 Å². The number of benzene rings is 1. The van der Waals surface area contributed by atoms with Crippen molar-refractivity contribution >= 4 is 23.2 Å². The number of carbonyl (C=O) groups is 1. The molecule has 0 radical (unpaired) electrons. The third-order valence-electron chi connectivity index (χ3n) is 3.10. The summed E-state index contributed by atoms with van der Waals surface area (Å²) in [5.74, 6) is 0.236. The Balaban J connectivity index is 2.29. The molecule has 18 heavy (non-hydrogen) atoms. The van der Waals surface area contributed by atoms with E-state index in [2.05, 4.69) is 6.92 Å². The van der Waals surface area contributed by atoms with Crippen LogP contribution in [0, 0.1) is 16.0 Å². The zero-order valence-corrected chi connectivity index (χ0v) is 10.7. The topological polar surface area (TPSA) is 63.5 Å². The van der Waals surface area contributed by atoms with E-state index in [1.807, 2.05) is 0 Å². The van der Waals surface area contributed by atoms with Gasteiger partial charge in [-0.15, -0.1) is 0 Å². The zero-order valence-electron chi connectivity index (χ0n) is 9.93. The molecule has 1 aliphatic rings. The van der Waals surface area contributed by atoms with E-state index in [9.17, 15) is 14.9 Å². The van der Waals surface area contributed by atoms with Gasteiger partial charge in [0.1, 0.15) is 0 Å². The summed E-state index contributed by atoms with van der Waals surface area (Å²) in [4.78, 5) is 24.1. The normalized spacial score (nSPS) is 19.0. The standard InChI is InChI=1S/C12H13ClN2O3/c1-8-4-5-14(7-8)12(16)10-6-9(15(17)18)2-3-11(10)13/h2-3,6,8H,4-5,7H2,1H3. The van der Waals surface area contributed by atoms with Crippen LogP contribution in [0.25, 0.3) is 0 Å². The molecule has 1 aromatic rings. The molecule has 1 amide bonds. The van der Waals surface area contributed by atoms with E-state index in [4.69, 9.17) is 11.6 Å². The molecule has 0 aromatic heterocycles. The van der Waals surface area contributed by atoms with Crippen molar-refractivity contribution in [2.24, 2.45) is 5.92 Å². The lowest BCUT2D eigenvalue weighted by atomic mass is 10.1. The number of likely N-dealkylation sites (tertiary alicyclic amines) is 1. The summed E-state index contributed by atoms with van der Waals surface area (Å²) >= 11 is 5.94. The van der Waals surface area contributed by atoms with E-state index in [1.165, 1.54) is 18.2 Å². The average Bonchev–Trinajstić information content (AvgIpc) is 2.75. The number of nitro groups is 1. The van der Waals surface area contributed by atoms with Gasteiger partial charge in [0.2, 0.25) is 0 Å². The first-order valence-corrected chi connectivity index (χ1v) is 6.10. The van der Waals surface area contributed by atoms with Crippen LogP contribution in [-0.4, -0.2) is 28.8 Å². The third kappa shape index (κ3) is 2.46.